The third-order valence-corrected chi connectivity index (χ3v) is 4.39. The van der Waals surface area contributed by atoms with E-state index in [1.54, 1.807) is 6.08 Å². The Hall–Kier alpha value is -1.77. The molecule has 1 saturated carbocycles. The van der Waals surface area contributed by atoms with E-state index in [1.165, 1.54) is 50.5 Å². The Labute approximate surface area is 113 Å². The number of rotatable bonds is 3. The second kappa shape index (κ2) is 4.72. The van der Waals surface area contributed by atoms with Crippen LogP contribution in [0.3, 0.4) is 0 Å². The van der Waals surface area contributed by atoms with Gasteiger partial charge in [0.2, 0.25) is 0 Å². The number of carboxylic acids is 1. The van der Waals surface area contributed by atoms with E-state index in [0.717, 1.165) is 5.56 Å². The minimum atomic E-state index is -0.907. The van der Waals surface area contributed by atoms with Crippen LogP contribution in [0.15, 0.2) is 30.3 Å². The molecule has 3 nitrogen and oxygen atoms in total. The Morgan fingerprint density at radius 3 is 2.37 bits per heavy atom. The van der Waals surface area contributed by atoms with Crippen molar-refractivity contribution in [2.45, 2.75) is 25.7 Å². The third kappa shape index (κ3) is 2.50. The topological polar surface area (TPSA) is 40.5 Å². The quantitative estimate of drug-likeness (QED) is 0.845. The monoisotopic (exact) mass is 257 g/mol. The second-order valence-corrected chi connectivity index (χ2v) is 5.83. The summed E-state index contributed by atoms with van der Waals surface area (Å²) in [4.78, 5) is 12.9. The molecule has 0 unspecified atom stereocenters. The molecular weight excluding hydrogens is 238 g/mol. The van der Waals surface area contributed by atoms with Crippen LogP contribution in [0.5, 0.6) is 0 Å². The van der Waals surface area contributed by atoms with Crippen molar-refractivity contribution in [3.8, 4) is 0 Å². The lowest BCUT2D eigenvalue weighted by Gasteiger charge is -2.49. The molecule has 3 rings (SSSR count). The van der Waals surface area contributed by atoms with Crippen molar-refractivity contribution in [2.75, 3.05) is 18.0 Å². The summed E-state index contributed by atoms with van der Waals surface area (Å²) in [5.74, 6) is -0.907. The predicted octanol–water partition coefficient (Wildman–Crippen LogP) is 3.16. The molecule has 1 aliphatic carbocycles. The molecule has 2 fully saturated rings. The van der Waals surface area contributed by atoms with E-state index in [0.29, 0.717) is 5.41 Å². The number of hydrogen-bond donors (Lipinski definition) is 1. The van der Waals surface area contributed by atoms with E-state index < -0.39 is 5.97 Å². The van der Waals surface area contributed by atoms with Gasteiger partial charge in [-0.05, 0) is 36.6 Å². The lowest BCUT2D eigenvalue weighted by atomic mass is 9.78. The first-order valence-electron chi connectivity index (χ1n) is 6.93. The van der Waals surface area contributed by atoms with Crippen LogP contribution in [-0.2, 0) is 4.79 Å². The van der Waals surface area contributed by atoms with Crippen molar-refractivity contribution in [3.05, 3.63) is 35.9 Å². The Balaban J connectivity index is 1.62. The van der Waals surface area contributed by atoms with Gasteiger partial charge in [-0.2, -0.15) is 0 Å². The summed E-state index contributed by atoms with van der Waals surface area (Å²) in [6.45, 7) is 2.38. The average Bonchev–Trinajstić information content (AvgIpc) is 2.85. The maximum atomic E-state index is 10.5. The molecule has 1 heterocycles. The summed E-state index contributed by atoms with van der Waals surface area (Å²) in [5.41, 5.74) is 2.80. The molecule has 100 valence electrons. The molecule has 0 radical (unpaired) electrons. The van der Waals surface area contributed by atoms with Crippen LogP contribution < -0.4 is 4.90 Å². The fourth-order valence-corrected chi connectivity index (χ4v) is 3.35. The number of carboxylic acid groups (broad SMARTS) is 1. The molecule has 1 aromatic carbocycles. The molecule has 0 bridgehead atoms. The molecule has 1 spiro atoms. The number of hydrogen-bond acceptors (Lipinski definition) is 2. The maximum Gasteiger partial charge on any atom is 0.328 e. The summed E-state index contributed by atoms with van der Waals surface area (Å²) in [5, 5.41) is 8.59. The summed E-state index contributed by atoms with van der Waals surface area (Å²) in [6.07, 6.45) is 8.37. The van der Waals surface area contributed by atoms with E-state index in [9.17, 15) is 4.79 Å². The smallest absolute Gasteiger partial charge is 0.328 e. The lowest BCUT2D eigenvalue weighted by Crippen LogP contribution is -2.55. The highest BCUT2D eigenvalue weighted by Gasteiger charge is 2.44. The van der Waals surface area contributed by atoms with Gasteiger partial charge in [0.1, 0.15) is 0 Å². The summed E-state index contributed by atoms with van der Waals surface area (Å²) >= 11 is 0. The molecule has 1 N–H and O–H groups in total. The Bertz CT molecular complexity index is 490. The molecule has 0 atom stereocenters. The van der Waals surface area contributed by atoms with Gasteiger partial charge in [0, 0.05) is 30.3 Å². The highest BCUT2D eigenvalue weighted by molar-refractivity contribution is 5.85. The third-order valence-electron chi connectivity index (χ3n) is 4.39. The van der Waals surface area contributed by atoms with Crippen LogP contribution in [0.4, 0.5) is 5.69 Å². The first-order chi connectivity index (χ1) is 9.17. The zero-order chi connectivity index (χ0) is 13.3. The molecule has 0 amide bonds. The average molecular weight is 257 g/mol. The molecule has 2 aliphatic rings. The Morgan fingerprint density at radius 2 is 1.79 bits per heavy atom. The van der Waals surface area contributed by atoms with E-state index in [2.05, 4.69) is 17.0 Å². The van der Waals surface area contributed by atoms with Gasteiger partial charge >= 0.3 is 5.97 Å². The number of benzene rings is 1. The van der Waals surface area contributed by atoms with Crippen LogP contribution in [0.2, 0.25) is 0 Å². The van der Waals surface area contributed by atoms with Gasteiger partial charge in [0.15, 0.2) is 0 Å². The highest BCUT2D eigenvalue weighted by Crippen LogP contribution is 2.46. The Morgan fingerprint density at radius 1 is 1.16 bits per heavy atom. The molecule has 1 aromatic rings. The fraction of sp³-hybridized carbons (Fsp3) is 0.438. The van der Waals surface area contributed by atoms with E-state index in [1.807, 2.05) is 12.1 Å². The molecule has 0 aromatic heterocycles. The highest BCUT2D eigenvalue weighted by atomic mass is 16.4. The number of nitrogens with zero attached hydrogens (tertiary/aromatic N) is 1. The van der Waals surface area contributed by atoms with Gasteiger partial charge in [-0.15, -0.1) is 0 Å². The summed E-state index contributed by atoms with van der Waals surface area (Å²) in [6, 6.07) is 8.13. The molecule has 3 heteroatoms. The fourth-order valence-electron chi connectivity index (χ4n) is 3.35. The van der Waals surface area contributed by atoms with Crippen LogP contribution in [-0.4, -0.2) is 24.2 Å². The normalized spacial score (nSPS) is 20.9. The van der Waals surface area contributed by atoms with Crippen molar-refractivity contribution >= 4 is 17.7 Å². The number of anilines is 1. The van der Waals surface area contributed by atoms with E-state index >= 15 is 0 Å². The minimum absolute atomic E-state index is 0.613. The number of carbonyl (C=O) groups is 1. The summed E-state index contributed by atoms with van der Waals surface area (Å²) < 4.78 is 0. The Kier molecular flexibility index (Phi) is 3.05. The largest absolute Gasteiger partial charge is 0.478 e. The van der Waals surface area contributed by atoms with E-state index in [4.69, 9.17) is 5.11 Å². The lowest BCUT2D eigenvalue weighted by molar-refractivity contribution is -0.131. The standard InChI is InChI=1S/C16H19NO2/c18-15(19)8-5-13-3-6-14(7-4-13)17-11-16(12-17)9-1-2-10-16/h3-8H,1-2,9-12H2,(H,18,19)/b8-5+. The van der Waals surface area contributed by atoms with Gasteiger partial charge in [-0.1, -0.05) is 25.0 Å². The molecular formula is C16H19NO2. The van der Waals surface area contributed by atoms with Crippen molar-refractivity contribution in [3.63, 3.8) is 0 Å². The van der Waals surface area contributed by atoms with Crippen molar-refractivity contribution in [1.82, 2.24) is 0 Å². The van der Waals surface area contributed by atoms with Crippen molar-refractivity contribution in [1.29, 1.82) is 0 Å². The van der Waals surface area contributed by atoms with Crippen molar-refractivity contribution < 1.29 is 9.90 Å². The van der Waals surface area contributed by atoms with Gasteiger partial charge in [0.25, 0.3) is 0 Å². The van der Waals surface area contributed by atoms with Gasteiger partial charge in [-0.25, -0.2) is 4.79 Å². The van der Waals surface area contributed by atoms with Crippen LogP contribution >= 0.6 is 0 Å². The van der Waals surface area contributed by atoms with Gasteiger partial charge in [-0.3, -0.25) is 0 Å². The van der Waals surface area contributed by atoms with Crippen LogP contribution in [0.1, 0.15) is 31.2 Å². The molecule has 1 saturated heterocycles. The molecule has 19 heavy (non-hydrogen) atoms. The second-order valence-electron chi connectivity index (χ2n) is 5.83. The first-order valence-corrected chi connectivity index (χ1v) is 6.93. The number of aliphatic carboxylic acids is 1. The van der Waals surface area contributed by atoms with Gasteiger partial charge in [0.05, 0.1) is 0 Å². The van der Waals surface area contributed by atoms with E-state index in [-0.39, 0.29) is 0 Å². The molecule has 1 aliphatic heterocycles. The summed E-state index contributed by atoms with van der Waals surface area (Å²) in [7, 11) is 0. The zero-order valence-electron chi connectivity index (χ0n) is 11.0. The van der Waals surface area contributed by atoms with Crippen molar-refractivity contribution in [2.24, 2.45) is 5.41 Å². The maximum absolute atomic E-state index is 10.5. The predicted molar refractivity (Wildman–Crippen MR) is 76.2 cm³/mol. The SMILES string of the molecule is O=C(O)/C=C/c1ccc(N2CC3(CCCC3)C2)cc1. The first kappa shape index (κ1) is 12.3. The van der Waals surface area contributed by atoms with Crippen LogP contribution in [0, 0.1) is 5.41 Å². The van der Waals surface area contributed by atoms with Crippen LogP contribution in [0.25, 0.3) is 6.08 Å². The van der Waals surface area contributed by atoms with Gasteiger partial charge < -0.3 is 10.0 Å². The minimum Gasteiger partial charge on any atom is -0.478 e. The zero-order valence-corrected chi connectivity index (χ0v) is 11.0.